The molecule has 0 bridgehead atoms. The number of carbonyl (C=O) groups excluding carboxylic acids is 2. The molecule has 8 nitrogen and oxygen atoms in total. The summed E-state index contributed by atoms with van der Waals surface area (Å²) < 4.78 is 12.7. The van der Waals surface area contributed by atoms with Crippen LogP contribution in [0.5, 0.6) is 0 Å². The summed E-state index contributed by atoms with van der Waals surface area (Å²) in [5.74, 6) is 0.406. The highest BCUT2D eigenvalue weighted by Gasteiger charge is 2.19. The Morgan fingerprint density at radius 3 is 2.53 bits per heavy atom. The number of aromatic nitrogens is 3. The molecular weight excluding hydrogens is 408 g/mol. The molecule has 1 amide bonds. The summed E-state index contributed by atoms with van der Waals surface area (Å²) in [6.45, 7) is 6.08. The molecule has 164 valence electrons. The Morgan fingerprint density at radius 1 is 1.09 bits per heavy atom. The topological polar surface area (TPSA) is 99.2 Å². The van der Waals surface area contributed by atoms with E-state index >= 15 is 0 Å². The van der Waals surface area contributed by atoms with E-state index in [1.54, 1.807) is 31.2 Å². The number of fused-ring (bicyclic) bond motifs is 1. The van der Waals surface area contributed by atoms with Gasteiger partial charge in [0.15, 0.2) is 0 Å². The lowest BCUT2D eigenvalue weighted by Crippen LogP contribution is -2.19. The van der Waals surface area contributed by atoms with Crippen molar-refractivity contribution in [3.05, 3.63) is 66.1 Å². The molecule has 2 heterocycles. The zero-order valence-electron chi connectivity index (χ0n) is 18.2. The van der Waals surface area contributed by atoms with Crippen LogP contribution in [0.1, 0.15) is 42.9 Å². The number of rotatable bonds is 7. The maximum atomic E-state index is 12.9. The van der Waals surface area contributed by atoms with Gasteiger partial charge in [-0.3, -0.25) is 4.79 Å². The van der Waals surface area contributed by atoms with Gasteiger partial charge in [0, 0.05) is 22.5 Å². The third-order valence-corrected chi connectivity index (χ3v) is 4.95. The van der Waals surface area contributed by atoms with Gasteiger partial charge in [-0.1, -0.05) is 32.0 Å². The molecule has 0 radical (unpaired) electrons. The Balaban J connectivity index is 1.58. The predicted octanol–water partition coefficient (Wildman–Crippen LogP) is 4.63. The van der Waals surface area contributed by atoms with Crippen molar-refractivity contribution in [1.82, 2.24) is 14.8 Å². The highest BCUT2D eigenvalue weighted by atomic mass is 16.5. The lowest BCUT2D eigenvalue weighted by Gasteiger charge is -2.10. The minimum atomic E-state index is -0.394. The SMILES string of the molecule is CCOC(=O)c1ccc(NC(=O)Cn2c(-c3nnc(C(C)C)o3)cc3ccccc32)cc1. The number of para-hydroxylation sites is 1. The van der Waals surface area contributed by atoms with Crippen molar-refractivity contribution in [3.8, 4) is 11.6 Å². The number of hydrogen-bond donors (Lipinski definition) is 1. The number of benzene rings is 2. The number of anilines is 1. The maximum absolute atomic E-state index is 12.9. The van der Waals surface area contributed by atoms with Gasteiger partial charge in [-0.2, -0.15) is 0 Å². The molecule has 0 aliphatic carbocycles. The maximum Gasteiger partial charge on any atom is 0.338 e. The molecule has 0 unspecified atom stereocenters. The first-order chi connectivity index (χ1) is 15.5. The van der Waals surface area contributed by atoms with Gasteiger partial charge in [0.2, 0.25) is 11.8 Å². The average molecular weight is 432 g/mol. The summed E-state index contributed by atoms with van der Waals surface area (Å²) >= 11 is 0. The molecule has 8 heteroatoms. The molecule has 0 atom stereocenters. The molecule has 0 saturated heterocycles. The number of carbonyl (C=O) groups is 2. The molecule has 2 aromatic carbocycles. The van der Waals surface area contributed by atoms with E-state index in [0.29, 0.717) is 35.3 Å². The lowest BCUT2D eigenvalue weighted by molar-refractivity contribution is -0.116. The molecular formula is C24H24N4O4. The van der Waals surface area contributed by atoms with Gasteiger partial charge in [0.1, 0.15) is 12.2 Å². The quantitative estimate of drug-likeness (QED) is 0.428. The van der Waals surface area contributed by atoms with Crippen molar-refractivity contribution >= 4 is 28.5 Å². The first-order valence-electron chi connectivity index (χ1n) is 10.5. The van der Waals surface area contributed by atoms with E-state index in [4.69, 9.17) is 9.15 Å². The predicted molar refractivity (Wildman–Crippen MR) is 120 cm³/mol. The number of esters is 1. The van der Waals surface area contributed by atoms with E-state index in [0.717, 1.165) is 10.9 Å². The number of hydrogen-bond acceptors (Lipinski definition) is 6. The first kappa shape index (κ1) is 21.3. The molecule has 0 aliphatic rings. The normalized spacial score (nSPS) is 11.1. The Hall–Kier alpha value is -3.94. The van der Waals surface area contributed by atoms with Crippen molar-refractivity contribution < 1.29 is 18.7 Å². The van der Waals surface area contributed by atoms with Crippen molar-refractivity contribution in [2.24, 2.45) is 0 Å². The molecule has 1 N–H and O–H groups in total. The van der Waals surface area contributed by atoms with Crippen molar-refractivity contribution in [2.75, 3.05) is 11.9 Å². The monoisotopic (exact) mass is 432 g/mol. The van der Waals surface area contributed by atoms with Crippen LogP contribution >= 0.6 is 0 Å². The highest BCUT2D eigenvalue weighted by Crippen LogP contribution is 2.28. The second-order valence-electron chi connectivity index (χ2n) is 7.62. The molecule has 0 saturated carbocycles. The molecule has 32 heavy (non-hydrogen) atoms. The Morgan fingerprint density at radius 2 is 1.84 bits per heavy atom. The molecule has 4 aromatic rings. The van der Waals surface area contributed by atoms with Crippen molar-refractivity contribution in [1.29, 1.82) is 0 Å². The van der Waals surface area contributed by atoms with Crippen LogP contribution in [0.3, 0.4) is 0 Å². The zero-order valence-corrected chi connectivity index (χ0v) is 18.2. The summed E-state index contributed by atoms with van der Waals surface area (Å²) in [5, 5.41) is 12.1. The van der Waals surface area contributed by atoms with E-state index in [2.05, 4.69) is 15.5 Å². The van der Waals surface area contributed by atoms with Crippen LogP contribution in [0.15, 0.2) is 59.0 Å². The molecule has 0 fully saturated rings. The lowest BCUT2D eigenvalue weighted by atomic mass is 10.2. The highest BCUT2D eigenvalue weighted by molar-refractivity contribution is 5.95. The van der Waals surface area contributed by atoms with Crippen LogP contribution < -0.4 is 5.32 Å². The Bertz CT molecular complexity index is 1250. The van der Waals surface area contributed by atoms with Crippen molar-refractivity contribution in [2.45, 2.75) is 33.2 Å². The summed E-state index contributed by atoms with van der Waals surface area (Å²) in [6, 6.07) is 16.3. The van der Waals surface area contributed by atoms with E-state index in [9.17, 15) is 9.59 Å². The first-order valence-corrected chi connectivity index (χ1v) is 10.5. The van der Waals surface area contributed by atoms with Crippen LogP contribution in [0.2, 0.25) is 0 Å². The van der Waals surface area contributed by atoms with Crippen LogP contribution in [-0.4, -0.2) is 33.2 Å². The van der Waals surface area contributed by atoms with Gasteiger partial charge in [0.05, 0.1) is 12.2 Å². The fraction of sp³-hybridized carbons (Fsp3) is 0.250. The van der Waals surface area contributed by atoms with Gasteiger partial charge in [-0.25, -0.2) is 4.79 Å². The summed E-state index contributed by atoms with van der Waals surface area (Å²) in [6.07, 6.45) is 0. The van der Waals surface area contributed by atoms with Crippen LogP contribution in [0.25, 0.3) is 22.5 Å². The number of nitrogens with one attached hydrogen (secondary N) is 1. The summed E-state index contributed by atoms with van der Waals surface area (Å²) in [5.41, 5.74) is 2.58. The number of nitrogens with zero attached hydrogens (tertiary/aromatic N) is 3. The Kier molecular flexibility index (Phi) is 6.02. The van der Waals surface area contributed by atoms with E-state index in [-0.39, 0.29) is 18.4 Å². The number of ether oxygens (including phenoxy) is 1. The van der Waals surface area contributed by atoms with E-state index < -0.39 is 5.97 Å². The van der Waals surface area contributed by atoms with E-state index in [1.807, 2.05) is 48.7 Å². The molecule has 0 spiro atoms. The standard InChI is InChI=1S/C24H24N4O4/c1-4-31-24(30)16-9-11-18(12-10-16)25-21(29)14-28-19-8-6-5-7-17(19)13-20(28)23-27-26-22(32-23)15(2)3/h5-13,15H,4,14H2,1-3H3,(H,25,29). The van der Waals surface area contributed by atoms with Crippen LogP contribution in [0.4, 0.5) is 5.69 Å². The van der Waals surface area contributed by atoms with Gasteiger partial charge in [-0.15, -0.1) is 10.2 Å². The fourth-order valence-electron chi connectivity index (χ4n) is 3.38. The smallest absolute Gasteiger partial charge is 0.338 e. The molecule has 4 rings (SSSR count). The van der Waals surface area contributed by atoms with Gasteiger partial charge in [0.25, 0.3) is 5.89 Å². The van der Waals surface area contributed by atoms with Crippen molar-refractivity contribution in [3.63, 3.8) is 0 Å². The zero-order chi connectivity index (χ0) is 22.7. The molecule has 2 aromatic heterocycles. The second kappa shape index (κ2) is 9.05. The average Bonchev–Trinajstić information content (AvgIpc) is 3.40. The van der Waals surface area contributed by atoms with E-state index in [1.165, 1.54) is 0 Å². The van der Waals surface area contributed by atoms with Gasteiger partial charge in [-0.05, 0) is 43.3 Å². The third kappa shape index (κ3) is 4.39. The summed E-state index contributed by atoms with van der Waals surface area (Å²) in [7, 11) is 0. The summed E-state index contributed by atoms with van der Waals surface area (Å²) in [4.78, 5) is 24.6. The Labute approximate surface area is 185 Å². The second-order valence-corrected chi connectivity index (χ2v) is 7.62. The van der Waals surface area contributed by atoms with Gasteiger partial charge >= 0.3 is 5.97 Å². The number of amides is 1. The third-order valence-electron chi connectivity index (χ3n) is 4.95. The fourth-order valence-corrected chi connectivity index (χ4v) is 3.38. The molecule has 0 aliphatic heterocycles. The minimum absolute atomic E-state index is 0.0574. The minimum Gasteiger partial charge on any atom is -0.462 e. The van der Waals surface area contributed by atoms with Crippen LogP contribution in [-0.2, 0) is 16.1 Å². The largest absolute Gasteiger partial charge is 0.462 e. The van der Waals surface area contributed by atoms with Crippen LogP contribution in [0, 0.1) is 0 Å². The van der Waals surface area contributed by atoms with Gasteiger partial charge < -0.3 is 19.0 Å².